The van der Waals surface area contributed by atoms with Crippen LogP contribution in [0.15, 0.2) is 10.6 Å². The maximum Gasteiger partial charge on any atom is 0.234 e. The van der Waals surface area contributed by atoms with Crippen LogP contribution >= 0.6 is 0 Å². The highest BCUT2D eigenvalue weighted by molar-refractivity contribution is 7.91. The molecule has 0 saturated carbocycles. The molecule has 1 aromatic rings. The average molecular weight is 341 g/mol. The van der Waals surface area contributed by atoms with Crippen LogP contribution in [0.25, 0.3) is 0 Å². The van der Waals surface area contributed by atoms with E-state index in [1.54, 1.807) is 6.92 Å². The van der Waals surface area contributed by atoms with Gasteiger partial charge in [0.1, 0.15) is 11.5 Å². The molecule has 0 aliphatic carbocycles. The molecular weight excluding hydrogens is 318 g/mol. The van der Waals surface area contributed by atoms with Crippen LogP contribution in [0.2, 0.25) is 0 Å². The van der Waals surface area contributed by atoms with Crippen molar-refractivity contribution in [1.29, 1.82) is 0 Å². The van der Waals surface area contributed by atoms with Gasteiger partial charge in [0.05, 0.1) is 29.6 Å². The van der Waals surface area contributed by atoms with E-state index in [1.807, 2.05) is 13.0 Å². The number of hydrogen-bond donors (Lipinski definition) is 1. The molecule has 128 valence electrons. The molecule has 2 aliphatic heterocycles. The Balaban J connectivity index is 1.61. The van der Waals surface area contributed by atoms with Gasteiger partial charge in [-0.25, -0.2) is 8.42 Å². The molecule has 1 amide bonds. The molecule has 0 bridgehead atoms. The number of likely N-dealkylation sites (tertiary alicyclic amines) is 1. The smallest absolute Gasteiger partial charge is 0.234 e. The van der Waals surface area contributed by atoms with Gasteiger partial charge in [0.2, 0.25) is 5.91 Å². The summed E-state index contributed by atoms with van der Waals surface area (Å²) in [6.07, 6.45) is 2.44. The number of carbonyl (C=O) groups excluding carboxylic acids is 1. The van der Waals surface area contributed by atoms with Gasteiger partial charge in [0.15, 0.2) is 9.84 Å². The Kier molecular flexibility index (Phi) is 4.22. The SMILES string of the molecule is Cc1cc([C@H]2CCCN2CC(=O)N[C@@]2(C)CCS(=O)(=O)C2)no1. The van der Waals surface area contributed by atoms with E-state index in [2.05, 4.69) is 15.4 Å². The van der Waals surface area contributed by atoms with Crippen molar-refractivity contribution >= 4 is 15.7 Å². The Morgan fingerprint density at radius 1 is 1.57 bits per heavy atom. The van der Waals surface area contributed by atoms with E-state index < -0.39 is 15.4 Å². The predicted octanol–water partition coefficient (Wildman–Crippen LogP) is 0.813. The van der Waals surface area contributed by atoms with E-state index in [4.69, 9.17) is 4.52 Å². The minimum Gasteiger partial charge on any atom is -0.361 e. The van der Waals surface area contributed by atoms with E-state index in [1.165, 1.54) is 0 Å². The molecule has 8 heteroatoms. The van der Waals surface area contributed by atoms with Crippen LogP contribution in [-0.4, -0.2) is 54.5 Å². The molecule has 2 saturated heterocycles. The number of aromatic nitrogens is 1. The Labute approximate surface area is 136 Å². The van der Waals surface area contributed by atoms with Crippen molar-refractivity contribution in [1.82, 2.24) is 15.4 Å². The number of rotatable bonds is 4. The lowest BCUT2D eigenvalue weighted by Crippen LogP contribution is -2.50. The van der Waals surface area contributed by atoms with Crippen LogP contribution in [-0.2, 0) is 14.6 Å². The first-order valence-corrected chi connectivity index (χ1v) is 9.77. The normalized spacial score (nSPS) is 30.6. The average Bonchev–Trinajstić information content (AvgIpc) is 3.10. The quantitative estimate of drug-likeness (QED) is 0.871. The molecule has 0 radical (unpaired) electrons. The Morgan fingerprint density at radius 2 is 2.35 bits per heavy atom. The monoisotopic (exact) mass is 341 g/mol. The summed E-state index contributed by atoms with van der Waals surface area (Å²) < 4.78 is 28.4. The largest absolute Gasteiger partial charge is 0.361 e. The second-order valence-corrected chi connectivity index (χ2v) is 9.13. The van der Waals surface area contributed by atoms with Crippen molar-refractivity contribution in [2.24, 2.45) is 0 Å². The zero-order valence-electron chi connectivity index (χ0n) is 13.5. The summed E-state index contributed by atoms with van der Waals surface area (Å²) in [5.74, 6) is 0.808. The van der Waals surface area contributed by atoms with Crippen LogP contribution in [0, 0.1) is 6.92 Å². The van der Waals surface area contributed by atoms with Crippen LogP contribution in [0.1, 0.15) is 43.7 Å². The molecule has 1 aromatic heterocycles. The van der Waals surface area contributed by atoms with Gasteiger partial charge in [-0.2, -0.15) is 0 Å². The molecular formula is C15H23N3O4S. The topological polar surface area (TPSA) is 92.5 Å². The van der Waals surface area contributed by atoms with Gasteiger partial charge in [-0.3, -0.25) is 9.69 Å². The van der Waals surface area contributed by atoms with E-state index in [0.717, 1.165) is 30.8 Å². The van der Waals surface area contributed by atoms with Crippen molar-refractivity contribution in [3.63, 3.8) is 0 Å². The van der Waals surface area contributed by atoms with E-state index >= 15 is 0 Å². The molecule has 2 fully saturated rings. The number of hydrogen-bond acceptors (Lipinski definition) is 6. The van der Waals surface area contributed by atoms with Crippen LogP contribution < -0.4 is 5.32 Å². The van der Waals surface area contributed by atoms with Gasteiger partial charge in [-0.15, -0.1) is 0 Å². The van der Waals surface area contributed by atoms with Gasteiger partial charge < -0.3 is 9.84 Å². The fraction of sp³-hybridized carbons (Fsp3) is 0.733. The summed E-state index contributed by atoms with van der Waals surface area (Å²) in [7, 11) is -3.03. The van der Waals surface area contributed by atoms with Gasteiger partial charge in [0.25, 0.3) is 0 Å². The highest BCUT2D eigenvalue weighted by atomic mass is 32.2. The molecule has 0 aromatic carbocycles. The van der Waals surface area contributed by atoms with Crippen LogP contribution in [0.4, 0.5) is 0 Å². The summed E-state index contributed by atoms with van der Waals surface area (Å²) in [4.78, 5) is 14.4. The minimum absolute atomic E-state index is 0.0254. The molecule has 2 atom stereocenters. The van der Waals surface area contributed by atoms with Gasteiger partial charge in [-0.05, 0) is 39.7 Å². The third kappa shape index (κ3) is 3.74. The third-order valence-electron chi connectivity index (χ3n) is 4.64. The molecule has 2 aliphatic rings. The number of carbonyl (C=O) groups is 1. The summed E-state index contributed by atoms with van der Waals surface area (Å²) in [6, 6.07) is 2.00. The molecule has 1 N–H and O–H groups in total. The molecule has 23 heavy (non-hydrogen) atoms. The maximum absolute atomic E-state index is 12.4. The molecule has 0 spiro atoms. The first-order valence-electron chi connectivity index (χ1n) is 7.95. The molecule has 0 unspecified atom stereocenters. The fourth-order valence-corrected chi connectivity index (χ4v) is 5.66. The highest BCUT2D eigenvalue weighted by Crippen LogP contribution is 2.31. The maximum atomic E-state index is 12.4. The lowest BCUT2D eigenvalue weighted by molar-refractivity contribution is -0.124. The van der Waals surface area contributed by atoms with Crippen molar-refractivity contribution in [2.45, 2.75) is 44.7 Å². The lowest BCUT2D eigenvalue weighted by Gasteiger charge is -2.27. The van der Waals surface area contributed by atoms with Crippen LogP contribution in [0.3, 0.4) is 0 Å². The Bertz CT molecular complexity index is 699. The fourth-order valence-electron chi connectivity index (χ4n) is 3.56. The Hall–Kier alpha value is -1.41. The Morgan fingerprint density at radius 3 is 2.96 bits per heavy atom. The number of aryl methyl sites for hydroxylation is 1. The summed E-state index contributed by atoms with van der Waals surface area (Å²) in [5.41, 5.74) is 0.220. The second kappa shape index (κ2) is 5.90. The van der Waals surface area contributed by atoms with Gasteiger partial charge in [0, 0.05) is 6.07 Å². The number of sulfone groups is 1. The molecule has 7 nitrogen and oxygen atoms in total. The second-order valence-electron chi connectivity index (χ2n) is 6.94. The van der Waals surface area contributed by atoms with Gasteiger partial charge in [-0.1, -0.05) is 5.16 Å². The highest BCUT2D eigenvalue weighted by Gasteiger charge is 2.40. The number of nitrogens with zero attached hydrogens (tertiary/aromatic N) is 2. The molecule has 3 rings (SSSR count). The lowest BCUT2D eigenvalue weighted by atomic mass is 10.0. The van der Waals surface area contributed by atoms with Crippen molar-refractivity contribution in [3.8, 4) is 0 Å². The predicted molar refractivity (Wildman–Crippen MR) is 84.6 cm³/mol. The van der Waals surface area contributed by atoms with Crippen LogP contribution in [0.5, 0.6) is 0 Å². The standard InChI is InChI=1S/C15H23N3O4S/c1-11-8-12(17-22-11)13-4-3-6-18(13)9-14(19)16-15(2)5-7-23(20,21)10-15/h8,13H,3-7,9-10H2,1-2H3,(H,16,19)/t13-,15+/m1/s1. The first-order chi connectivity index (χ1) is 10.8. The summed E-state index contributed by atoms with van der Waals surface area (Å²) in [6.45, 7) is 4.74. The van der Waals surface area contributed by atoms with E-state index in [9.17, 15) is 13.2 Å². The van der Waals surface area contributed by atoms with Crippen molar-refractivity contribution in [3.05, 3.63) is 17.5 Å². The first kappa shape index (κ1) is 16.4. The third-order valence-corrected chi connectivity index (χ3v) is 6.55. The van der Waals surface area contributed by atoms with Crippen molar-refractivity contribution in [2.75, 3.05) is 24.6 Å². The molecule has 3 heterocycles. The summed E-state index contributed by atoms with van der Waals surface area (Å²) >= 11 is 0. The minimum atomic E-state index is -3.03. The summed E-state index contributed by atoms with van der Waals surface area (Å²) in [5, 5.41) is 6.97. The van der Waals surface area contributed by atoms with Gasteiger partial charge >= 0.3 is 0 Å². The number of amides is 1. The van der Waals surface area contributed by atoms with E-state index in [0.29, 0.717) is 6.42 Å². The van der Waals surface area contributed by atoms with E-state index in [-0.39, 0.29) is 30.0 Å². The van der Waals surface area contributed by atoms with Crippen molar-refractivity contribution < 1.29 is 17.7 Å². The zero-order chi connectivity index (χ0) is 16.7. The number of nitrogens with one attached hydrogen (secondary N) is 1. The zero-order valence-corrected chi connectivity index (χ0v) is 14.4.